The van der Waals surface area contributed by atoms with E-state index < -0.39 is 18.0 Å². The molecule has 1 heterocycles. The van der Waals surface area contributed by atoms with Gasteiger partial charge in [0.2, 0.25) is 0 Å². The van der Waals surface area contributed by atoms with Gasteiger partial charge in [0, 0.05) is 4.88 Å². The monoisotopic (exact) mass is 328 g/mol. The number of carbonyl (C=O) groups excluding carboxylic acids is 2. The average molecular weight is 328 g/mol. The van der Waals surface area contributed by atoms with Crippen LogP contribution in [-0.2, 0) is 4.79 Å². The van der Waals surface area contributed by atoms with Crippen molar-refractivity contribution >= 4 is 28.2 Å². The fraction of sp³-hybridized carbons (Fsp3) is 0.143. The summed E-state index contributed by atoms with van der Waals surface area (Å²) >= 11 is 0.879. The molecular weight excluding hydrogens is 317 g/mol. The van der Waals surface area contributed by atoms with Gasteiger partial charge in [-0.2, -0.15) is 13.2 Å². The molecule has 2 amide bonds. The van der Waals surface area contributed by atoms with Crippen molar-refractivity contribution in [2.75, 3.05) is 5.32 Å². The quantitative estimate of drug-likeness (QED) is 0.907. The van der Waals surface area contributed by atoms with Gasteiger partial charge in [-0.25, -0.2) is 0 Å². The predicted molar refractivity (Wildman–Crippen MR) is 77.7 cm³/mol. The number of carbonyl (C=O) groups is 2. The average Bonchev–Trinajstić information content (AvgIpc) is 2.75. The molecule has 0 aliphatic carbocycles. The van der Waals surface area contributed by atoms with Crippen LogP contribution in [0.15, 0.2) is 30.3 Å². The Labute approximate surface area is 127 Å². The molecule has 3 N–H and O–H groups in total. The van der Waals surface area contributed by atoms with Crippen LogP contribution in [0.1, 0.15) is 15.9 Å². The lowest BCUT2D eigenvalue weighted by molar-refractivity contribution is -0.167. The molecule has 2 rings (SSSR count). The van der Waals surface area contributed by atoms with Crippen molar-refractivity contribution in [2.45, 2.75) is 13.1 Å². The van der Waals surface area contributed by atoms with Crippen LogP contribution < -0.4 is 11.1 Å². The molecule has 0 saturated carbocycles. The van der Waals surface area contributed by atoms with Crippen LogP contribution in [0, 0.1) is 6.92 Å². The van der Waals surface area contributed by atoms with Crippen LogP contribution in [0.5, 0.6) is 0 Å². The van der Waals surface area contributed by atoms with Crippen LogP contribution in [0.25, 0.3) is 10.4 Å². The summed E-state index contributed by atoms with van der Waals surface area (Å²) in [6, 6.07) is 8.80. The second-order valence-electron chi connectivity index (χ2n) is 4.44. The number of nitrogens with one attached hydrogen (secondary N) is 1. The molecule has 0 spiro atoms. The first kappa shape index (κ1) is 16.0. The van der Waals surface area contributed by atoms with Crippen LogP contribution >= 0.6 is 11.3 Å². The fourth-order valence-corrected chi connectivity index (χ4v) is 3.15. The lowest BCUT2D eigenvalue weighted by atomic mass is 10.1. The van der Waals surface area contributed by atoms with E-state index in [1.165, 1.54) is 0 Å². The summed E-state index contributed by atoms with van der Waals surface area (Å²) < 4.78 is 37.1. The van der Waals surface area contributed by atoms with E-state index in [9.17, 15) is 22.8 Å². The molecule has 0 bridgehead atoms. The van der Waals surface area contributed by atoms with Gasteiger partial charge in [-0.15, -0.1) is 11.3 Å². The van der Waals surface area contributed by atoms with Crippen molar-refractivity contribution < 1.29 is 22.8 Å². The van der Waals surface area contributed by atoms with Gasteiger partial charge in [0.15, 0.2) is 0 Å². The number of benzene rings is 1. The number of hydrogen-bond acceptors (Lipinski definition) is 3. The van der Waals surface area contributed by atoms with Crippen LogP contribution in [0.4, 0.5) is 18.2 Å². The van der Waals surface area contributed by atoms with E-state index in [-0.39, 0.29) is 10.6 Å². The standard InChI is InChI=1S/C14H11F3N2O2S/c1-7-9(11(18)20)12(19-13(21)14(15,16)17)22-10(7)8-5-3-2-4-6-8/h2-6H,1H3,(H2,18,20)(H,19,21). The van der Waals surface area contributed by atoms with Gasteiger partial charge in [-0.05, 0) is 18.1 Å². The minimum atomic E-state index is -5.04. The highest BCUT2D eigenvalue weighted by Crippen LogP contribution is 2.40. The number of hydrogen-bond donors (Lipinski definition) is 2. The molecule has 0 aliphatic rings. The number of amides is 2. The summed E-state index contributed by atoms with van der Waals surface area (Å²) in [5.74, 6) is -3.04. The molecule has 0 radical (unpaired) electrons. The van der Waals surface area contributed by atoms with Crippen molar-refractivity contribution in [1.82, 2.24) is 0 Å². The third-order valence-corrected chi connectivity index (χ3v) is 4.17. The van der Waals surface area contributed by atoms with E-state index in [0.717, 1.165) is 16.9 Å². The molecule has 22 heavy (non-hydrogen) atoms. The van der Waals surface area contributed by atoms with E-state index in [2.05, 4.69) is 0 Å². The summed E-state index contributed by atoms with van der Waals surface area (Å²) in [6.45, 7) is 1.57. The summed E-state index contributed by atoms with van der Waals surface area (Å²) in [6.07, 6.45) is -5.04. The maximum atomic E-state index is 12.4. The highest BCUT2D eigenvalue weighted by molar-refractivity contribution is 7.20. The topological polar surface area (TPSA) is 72.2 Å². The predicted octanol–water partition coefficient (Wildman–Crippen LogP) is 3.32. The number of primary amides is 1. The Morgan fingerprint density at radius 2 is 1.77 bits per heavy atom. The Kier molecular flexibility index (Phi) is 4.23. The van der Waals surface area contributed by atoms with Gasteiger partial charge in [-0.1, -0.05) is 30.3 Å². The Morgan fingerprint density at radius 3 is 2.27 bits per heavy atom. The van der Waals surface area contributed by atoms with Crippen molar-refractivity contribution in [1.29, 1.82) is 0 Å². The number of alkyl halides is 3. The minimum absolute atomic E-state index is 0.110. The van der Waals surface area contributed by atoms with Crippen LogP contribution in [0.3, 0.4) is 0 Å². The number of thiophene rings is 1. The molecular formula is C14H11F3N2O2S. The summed E-state index contributed by atoms with van der Waals surface area (Å²) in [4.78, 5) is 23.2. The zero-order valence-electron chi connectivity index (χ0n) is 11.3. The molecule has 0 fully saturated rings. The van der Waals surface area contributed by atoms with Crippen LogP contribution in [-0.4, -0.2) is 18.0 Å². The van der Waals surface area contributed by atoms with Gasteiger partial charge in [0.1, 0.15) is 5.00 Å². The van der Waals surface area contributed by atoms with E-state index >= 15 is 0 Å². The minimum Gasteiger partial charge on any atom is -0.365 e. The fourth-order valence-electron chi connectivity index (χ4n) is 1.94. The van der Waals surface area contributed by atoms with Crippen molar-refractivity contribution in [3.63, 3.8) is 0 Å². The summed E-state index contributed by atoms with van der Waals surface area (Å²) in [5, 5.41) is 1.51. The molecule has 1 aromatic carbocycles. The van der Waals surface area contributed by atoms with Crippen molar-refractivity contribution in [3.05, 3.63) is 41.5 Å². The van der Waals surface area contributed by atoms with E-state index in [0.29, 0.717) is 10.4 Å². The molecule has 2 aromatic rings. The molecule has 0 aliphatic heterocycles. The SMILES string of the molecule is Cc1c(-c2ccccc2)sc(NC(=O)C(F)(F)F)c1C(N)=O. The summed E-state index contributed by atoms with van der Waals surface area (Å²) in [5.41, 5.74) is 6.27. The van der Waals surface area contributed by atoms with Gasteiger partial charge < -0.3 is 11.1 Å². The molecule has 116 valence electrons. The molecule has 4 nitrogen and oxygen atoms in total. The second-order valence-corrected chi connectivity index (χ2v) is 5.46. The third kappa shape index (κ3) is 3.11. The zero-order valence-corrected chi connectivity index (χ0v) is 12.1. The maximum Gasteiger partial charge on any atom is 0.471 e. The first-order chi connectivity index (χ1) is 10.2. The molecule has 1 aromatic heterocycles. The first-order valence-electron chi connectivity index (χ1n) is 6.08. The van der Waals surface area contributed by atoms with Gasteiger partial charge >= 0.3 is 12.1 Å². The number of halogens is 3. The first-order valence-corrected chi connectivity index (χ1v) is 6.90. The number of anilines is 1. The third-order valence-electron chi connectivity index (χ3n) is 2.91. The Balaban J connectivity index is 2.51. The smallest absolute Gasteiger partial charge is 0.365 e. The largest absolute Gasteiger partial charge is 0.471 e. The van der Waals surface area contributed by atoms with E-state index in [1.54, 1.807) is 42.6 Å². The Bertz CT molecular complexity index is 724. The molecule has 0 saturated heterocycles. The van der Waals surface area contributed by atoms with Crippen molar-refractivity contribution in [3.8, 4) is 10.4 Å². The van der Waals surface area contributed by atoms with E-state index in [1.807, 2.05) is 0 Å². The van der Waals surface area contributed by atoms with Crippen LogP contribution in [0.2, 0.25) is 0 Å². The van der Waals surface area contributed by atoms with Gasteiger partial charge in [-0.3, -0.25) is 9.59 Å². The van der Waals surface area contributed by atoms with E-state index in [4.69, 9.17) is 5.73 Å². The maximum absolute atomic E-state index is 12.4. The molecule has 8 heteroatoms. The Morgan fingerprint density at radius 1 is 1.18 bits per heavy atom. The summed E-state index contributed by atoms with van der Waals surface area (Å²) in [7, 11) is 0. The zero-order chi connectivity index (χ0) is 16.5. The molecule has 0 unspecified atom stereocenters. The normalized spacial score (nSPS) is 11.3. The van der Waals surface area contributed by atoms with Gasteiger partial charge in [0.25, 0.3) is 5.91 Å². The van der Waals surface area contributed by atoms with Gasteiger partial charge in [0.05, 0.1) is 5.56 Å². The lowest BCUT2D eigenvalue weighted by Crippen LogP contribution is -2.30. The Hall–Kier alpha value is -2.35. The number of rotatable bonds is 3. The highest BCUT2D eigenvalue weighted by atomic mass is 32.1. The number of nitrogens with two attached hydrogens (primary N) is 1. The lowest BCUT2D eigenvalue weighted by Gasteiger charge is -2.07. The highest BCUT2D eigenvalue weighted by Gasteiger charge is 2.39. The van der Waals surface area contributed by atoms with Crippen molar-refractivity contribution in [2.24, 2.45) is 5.73 Å². The second kappa shape index (κ2) is 5.80. The molecule has 0 atom stereocenters.